The number of nitrogens with one attached hydrogen (secondary N) is 1. The fraction of sp³-hybridized carbons (Fsp3) is 1.00. The zero-order valence-electron chi connectivity index (χ0n) is 6.83. The third-order valence-corrected chi connectivity index (χ3v) is 0.500. The standard InChI is InChI=1S/C4H11NO.C2H7NO/c1-3-5-4(2)6;1-2(3)4/h4-6H,3H2,1-2H3;2,4H,3H2,1H3. The second-order valence-electron chi connectivity index (χ2n) is 1.97. The Kier molecular flexibility index (Phi) is 11.1. The summed E-state index contributed by atoms with van der Waals surface area (Å²) in [7, 11) is 0. The minimum atomic E-state index is -0.667. The van der Waals surface area contributed by atoms with E-state index in [1.807, 2.05) is 6.92 Å². The monoisotopic (exact) mass is 150 g/mol. The van der Waals surface area contributed by atoms with Gasteiger partial charge in [0.15, 0.2) is 0 Å². The van der Waals surface area contributed by atoms with Crippen LogP contribution in [0.15, 0.2) is 0 Å². The molecule has 2 unspecified atom stereocenters. The highest BCUT2D eigenvalue weighted by Crippen LogP contribution is 1.65. The average molecular weight is 150 g/mol. The Morgan fingerprint density at radius 2 is 1.70 bits per heavy atom. The number of rotatable bonds is 2. The molecule has 0 fully saturated rings. The Labute approximate surface area is 62.0 Å². The molecule has 0 saturated carbocycles. The quantitative estimate of drug-likeness (QED) is 0.389. The maximum atomic E-state index is 8.44. The molecule has 4 nitrogen and oxygen atoms in total. The minimum absolute atomic E-state index is 0.352. The smallest absolute Gasteiger partial charge is 0.102 e. The third kappa shape index (κ3) is 45.5. The lowest BCUT2D eigenvalue weighted by Gasteiger charge is -2.00. The summed E-state index contributed by atoms with van der Waals surface area (Å²) in [5, 5.41) is 19.0. The lowest BCUT2D eigenvalue weighted by atomic mass is 10.6. The summed E-state index contributed by atoms with van der Waals surface area (Å²) < 4.78 is 0. The first-order valence-electron chi connectivity index (χ1n) is 3.35. The lowest BCUT2D eigenvalue weighted by Crippen LogP contribution is -2.24. The molecule has 0 aromatic rings. The van der Waals surface area contributed by atoms with Gasteiger partial charge in [0.2, 0.25) is 0 Å². The summed E-state index contributed by atoms with van der Waals surface area (Å²) in [6.07, 6.45) is -1.02. The fourth-order valence-electron chi connectivity index (χ4n) is 0.295. The van der Waals surface area contributed by atoms with Gasteiger partial charge in [-0.15, -0.1) is 0 Å². The molecule has 5 N–H and O–H groups in total. The van der Waals surface area contributed by atoms with Crippen molar-refractivity contribution in [3.05, 3.63) is 0 Å². The summed E-state index contributed by atoms with van der Waals surface area (Å²) in [6.45, 7) is 5.98. The predicted octanol–water partition coefficient (Wildman–Crippen LogP) is -0.782. The highest BCUT2D eigenvalue weighted by Gasteiger charge is 1.83. The van der Waals surface area contributed by atoms with Gasteiger partial charge in [0.25, 0.3) is 0 Å². The summed E-state index contributed by atoms with van der Waals surface area (Å²) >= 11 is 0. The molecule has 0 heterocycles. The van der Waals surface area contributed by atoms with Crippen LogP contribution in [-0.4, -0.2) is 29.2 Å². The Morgan fingerprint density at radius 1 is 1.40 bits per heavy atom. The van der Waals surface area contributed by atoms with E-state index in [0.717, 1.165) is 6.54 Å². The van der Waals surface area contributed by atoms with Gasteiger partial charge < -0.3 is 15.9 Å². The molecular formula is C6H18N2O2. The Balaban J connectivity index is 0. The molecule has 4 heteroatoms. The second kappa shape index (κ2) is 8.84. The van der Waals surface area contributed by atoms with Gasteiger partial charge in [-0.3, -0.25) is 5.32 Å². The van der Waals surface area contributed by atoms with Crippen molar-refractivity contribution in [1.29, 1.82) is 0 Å². The molecule has 0 saturated heterocycles. The highest BCUT2D eigenvalue weighted by atomic mass is 16.3. The minimum Gasteiger partial charge on any atom is -0.379 e. The second-order valence-corrected chi connectivity index (χ2v) is 1.97. The van der Waals surface area contributed by atoms with Crippen LogP contribution in [0.1, 0.15) is 20.8 Å². The van der Waals surface area contributed by atoms with Crippen LogP contribution in [0.4, 0.5) is 0 Å². The number of hydrogen-bond acceptors (Lipinski definition) is 4. The summed E-state index contributed by atoms with van der Waals surface area (Å²) in [5.74, 6) is 0. The van der Waals surface area contributed by atoms with E-state index in [1.54, 1.807) is 6.92 Å². The number of hydrogen-bond donors (Lipinski definition) is 4. The number of aliphatic hydroxyl groups excluding tert-OH is 2. The third-order valence-electron chi connectivity index (χ3n) is 0.500. The number of nitrogens with two attached hydrogens (primary N) is 1. The molecule has 0 aliphatic rings. The predicted molar refractivity (Wildman–Crippen MR) is 41.2 cm³/mol. The number of aliphatic hydroxyl groups is 2. The molecule has 0 radical (unpaired) electrons. The maximum Gasteiger partial charge on any atom is 0.102 e. The fourth-order valence-corrected chi connectivity index (χ4v) is 0.295. The van der Waals surface area contributed by atoms with Crippen LogP contribution in [0.5, 0.6) is 0 Å². The van der Waals surface area contributed by atoms with E-state index in [-0.39, 0.29) is 6.23 Å². The molecule has 64 valence electrons. The Bertz CT molecular complexity index is 55.0. The first kappa shape index (κ1) is 12.5. The zero-order valence-corrected chi connectivity index (χ0v) is 6.83. The van der Waals surface area contributed by atoms with Crippen LogP contribution >= 0.6 is 0 Å². The van der Waals surface area contributed by atoms with Gasteiger partial charge in [-0.1, -0.05) is 6.92 Å². The van der Waals surface area contributed by atoms with Crippen molar-refractivity contribution in [2.24, 2.45) is 5.73 Å². The van der Waals surface area contributed by atoms with Crippen LogP contribution in [0.2, 0.25) is 0 Å². The molecule has 2 atom stereocenters. The van der Waals surface area contributed by atoms with E-state index in [4.69, 9.17) is 10.2 Å². The topological polar surface area (TPSA) is 78.5 Å². The van der Waals surface area contributed by atoms with Crippen molar-refractivity contribution in [3.63, 3.8) is 0 Å². The van der Waals surface area contributed by atoms with E-state index >= 15 is 0 Å². The van der Waals surface area contributed by atoms with Crippen molar-refractivity contribution in [2.45, 2.75) is 33.2 Å². The molecule has 0 spiro atoms. The van der Waals surface area contributed by atoms with Crippen LogP contribution < -0.4 is 11.1 Å². The maximum absolute atomic E-state index is 8.44. The van der Waals surface area contributed by atoms with Crippen molar-refractivity contribution in [2.75, 3.05) is 6.54 Å². The van der Waals surface area contributed by atoms with E-state index in [2.05, 4.69) is 11.1 Å². The largest absolute Gasteiger partial charge is 0.379 e. The normalized spacial score (nSPS) is 15.0. The van der Waals surface area contributed by atoms with Gasteiger partial charge in [-0.05, 0) is 20.4 Å². The van der Waals surface area contributed by atoms with E-state index in [1.165, 1.54) is 6.92 Å². The van der Waals surface area contributed by atoms with Gasteiger partial charge in [0.05, 0.1) is 6.23 Å². The van der Waals surface area contributed by atoms with Crippen molar-refractivity contribution in [1.82, 2.24) is 5.32 Å². The van der Waals surface area contributed by atoms with Gasteiger partial charge in [-0.2, -0.15) is 0 Å². The van der Waals surface area contributed by atoms with Gasteiger partial charge in [0, 0.05) is 0 Å². The van der Waals surface area contributed by atoms with E-state index in [9.17, 15) is 0 Å². The highest BCUT2D eigenvalue weighted by molar-refractivity contribution is 4.36. The van der Waals surface area contributed by atoms with E-state index < -0.39 is 6.23 Å². The first-order valence-corrected chi connectivity index (χ1v) is 3.35. The van der Waals surface area contributed by atoms with Gasteiger partial charge >= 0.3 is 0 Å². The van der Waals surface area contributed by atoms with Crippen molar-refractivity contribution in [3.8, 4) is 0 Å². The molecule has 0 aliphatic carbocycles. The molecular weight excluding hydrogens is 132 g/mol. The van der Waals surface area contributed by atoms with Crippen LogP contribution in [0.3, 0.4) is 0 Å². The SMILES string of the molecule is CC(N)O.CCNC(C)O. The zero-order chi connectivity index (χ0) is 8.57. The molecule has 0 aliphatic heterocycles. The molecule has 0 amide bonds. The molecule has 0 aromatic carbocycles. The van der Waals surface area contributed by atoms with Crippen LogP contribution in [-0.2, 0) is 0 Å². The molecule has 0 aromatic heterocycles. The lowest BCUT2D eigenvalue weighted by molar-refractivity contribution is 0.159. The average Bonchev–Trinajstić information content (AvgIpc) is 1.62. The van der Waals surface area contributed by atoms with Gasteiger partial charge in [0.1, 0.15) is 6.23 Å². The van der Waals surface area contributed by atoms with Gasteiger partial charge in [-0.25, -0.2) is 0 Å². The molecule has 0 rings (SSSR count). The van der Waals surface area contributed by atoms with Crippen LogP contribution in [0, 0.1) is 0 Å². The van der Waals surface area contributed by atoms with Crippen LogP contribution in [0.25, 0.3) is 0 Å². The Hall–Kier alpha value is -0.160. The van der Waals surface area contributed by atoms with E-state index in [0.29, 0.717) is 0 Å². The molecule has 0 bridgehead atoms. The summed E-state index contributed by atoms with van der Waals surface area (Å²) in [5.41, 5.74) is 4.67. The summed E-state index contributed by atoms with van der Waals surface area (Å²) in [6, 6.07) is 0. The van der Waals surface area contributed by atoms with Crippen molar-refractivity contribution < 1.29 is 10.2 Å². The molecule has 10 heavy (non-hydrogen) atoms. The first-order chi connectivity index (χ1) is 4.50. The summed E-state index contributed by atoms with van der Waals surface area (Å²) in [4.78, 5) is 0. The Morgan fingerprint density at radius 3 is 1.70 bits per heavy atom. The van der Waals surface area contributed by atoms with Crippen molar-refractivity contribution >= 4 is 0 Å².